The Labute approximate surface area is 247 Å². The summed E-state index contributed by atoms with van der Waals surface area (Å²) in [6, 6.07) is 3.94. The van der Waals surface area contributed by atoms with E-state index in [2.05, 4.69) is 17.6 Å². The lowest BCUT2D eigenvalue weighted by atomic mass is 10.0. The zero-order valence-corrected chi connectivity index (χ0v) is 24.7. The summed E-state index contributed by atoms with van der Waals surface area (Å²) in [5.41, 5.74) is 0.949. The molecule has 0 spiro atoms. The Morgan fingerprint density at radius 3 is 1.98 bits per heavy atom. The molecule has 3 rings (SSSR count). The molecule has 2 aliphatic heterocycles. The second-order valence-electron chi connectivity index (χ2n) is 10.1. The summed E-state index contributed by atoms with van der Waals surface area (Å²) >= 11 is 0. The zero-order chi connectivity index (χ0) is 30.0. The second kappa shape index (κ2) is 19.3. The fourth-order valence-corrected chi connectivity index (χ4v) is 4.71. The van der Waals surface area contributed by atoms with Crippen LogP contribution in [0.5, 0.6) is 0 Å². The van der Waals surface area contributed by atoms with Crippen LogP contribution < -0.4 is 10.6 Å². The van der Waals surface area contributed by atoms with Gasteiger partial charge in [-0.3, -0.25) is 29.4 Å². The number of hydrogen-bond donors (Lipinski definition) is 2. The van der Waals surface area contributed by atoms with E-state index in [1.54, 1.807) is 18.2 Å². The first kappa shape index (κ1) is 33.6. The van der Waals surface area contributed by atoms with Crippen molar-refractivity contribution in [3.8, 4) is 0 Å². The number of amides is 4. The number of anilines is 1. The molecule has 1 unspecified atom stereocenters. The van der Waals surface area contributed by atoms with Gasteiger partial charge in [-0.05, 0) is 25.0 Å². The molecule has 0 radical (unpaired) electrons. The number of unbranched alkanes of at least 4 members (excludes halogenated alkanes) is 4. The molecule has 0 aromatic heterocycles. The highest BCUT2D eigenvalue weighted by Gasteiger charge is 2.45. The van der Waals surface area contributed by atoms with Gasteiger partial charge in [0.1, 0.15) is 6.04 Å². The third kappa shape index (κ3) is 10.7. The van der Waals surface area contributed by atoms with Crippen molar-refractivity contribution in [2.75, 3.05) is 77.9 Å². The van der Waals surface area contributed by atoms with E-state index in [4.69, 9.17) is 23.7 Å². The van der Waals surface area contributed by atoms with E-state index in [9.17, 15) is 19.2 Å². The Morgan fingerprint density at radius 2 is 1.36 bits per heavy atom. The first-order valence-electron chi connectivity index (χ1n) is 15.0. The predicted octanol–water partition coefficient (Wildman–Crippen LogP) is 2.55. The molecule has 1 aromatic rings. The van der Waals surface area contributed by atoms with Gasteiger partial charge in [-0.1, -0.05) is 38.7 Å². The second-order valence-corrected chi connectivity index (χ2v) is 10.1. The summed E-state index contributed by atoms with van der Waals surface area (Å²) in [4.78, 5) is 50.7. The van der Waals surface area contributed by atoms with Crippen LogP contribution in [0.25, 0.3) is 0 Å². The van der Waals surface area contributed by atoms with Crippen molar-refractivity contribution in [3.05, 3.63) is 29.3 Å². The van der Waals surface area contributed by atoms with Crippen LogP contribution in [0.1, 0.15) is 72.6 Å². The van der Waals surface area contributed by atoms with Crippen molar-refractivity contribution in [2.24, 2.45) is 0 Å². The largest absolute Gasteiger partial charge is 0.382 e. The monoisotopic (exact) mass is 591 g/mol. The van der Waals surface area contributed by atoms with Gasteiger partial charge in [-0.2, -0.15) is 0 Å². The molecule has 12 heteroatoms. The van der Waals surface area contributed by atoms with Gasteiger partial charge < -0.3 is 29.0 Å². The fourth-order valence-electron chi connectivity index (χ4n) is 4.71. The summed E-state index contributed by atoms with van der Waals surface area (Å²) in [6.45, 7) is 7.74. The van der Waals surface area contributed by atoms with Crippen molar-refractivity contribution in [3.63, 3.8) is 0 Å². The average molecular weight is 592 g/mol. The molecule has 0 saturated carbocycles. The number of carbonyl (C=O) groups is 4. The highest BCUT2D eigenvalue weighted by molar-refractivity contribution is 6.25. The smallest absolute Gasteiger partial charge is 0.264 e. The predicted molar refractivity (Wildman–Crippen MR) is 154 cm³/mol. The van der Waals surface area contributed by atoms with Gasteiger partial charge in [0.05, 0.1) is 70.6 Å². The number of nitrogens with zero attached hydrogens (tertiary/aromatic N) is 1. The number of hydrogen-bond acceptors (Lipinski definition) is 10. The molecule has 42 heavy (non-hydrogen) atoms. The third-order valence-electron chi connectivity index (χ3n) is 6.91. The van der Waals surface area contributed by atoms with E-state index in [0.29, 0.717) is 71.7 Å². The number of fused-ring (bicyclic) bond motifs is 1. The number of benzene rings is 1. The molecule has 2 heterocycles. The summed E-state index contributed by atoms with van der Waals surface area (Å²) < 4.78 is 27.6. The summed E-state index contributed by atoms with van der Waals surface area (Å²) in [5.74, 6) is -2.12. The standard InChI is InChI=1S/C30H45N3O9/c1-2-3-4-5-6-13-38-15-17-40-19-21-42-22-20-41-18-16-39-14-12-31-24-9-7-8-23-27(24)30(37)33(29(23)36)25-10-11-26(34)32-28(25)35/h7-9,25,31H,2-6,10-22H2,1H3,(H,32,34,35). The minimum absolute atomic E-state index is 0.0770. The summed E-state index contributed by atoms with van der Waals surface area (Å²) in [5, 5.41) is 5.34. The molecule has 2 N–H and O–H groups in total. The van der Waals surface area contributed by atoms with Crippen molar-refractivity contribution in [1.29, 1.82) is 0 Å². The van der Waals surface area contributed by atoms with Crippen LogP contribution in [0.2, 0.25) is 0 Å². The molecule has 1 aromatic carbocycles. The molecular weight excluding hydrogens is 546 g/mol. The third-order valence-corrected chi connectivity index (χ3v) is 6.91. The van der Waals surface area contributed by atoms with Crippen LogP contribution in [0.3, 0.4) is 0 Å². The molecule has 1 fully saturated rings. The maximum atomic E-state index is 13.1. The SMILES string of the molecule is CCCCCCCOCCOCCOCCOCCOCCNc1cccc2c1C(=O)N(C1CCC(=O)NC1=O)C2=O. The minimum Gasteiger partial charge on any atom is -0.382 e. The Bertz CT molecular complexity index is 1020. The topological polar surface area (TPSA) is 142 Å². The Balaban J connectivity index is 1.17. The van der Waals surface area contributed by atoms with Gasteiger partial charge in [-0.25, -0.2) is 0 Å². The lowest BCUT2D eigenvalue weighted by Gasteiger charge is -2.27. The Morgan fingerprint density at radius 1 is 0.762 bits per heavy atom. The molecule has 2 aliphatic rings. The van der Waals surface area contributed by atoms with Crippen molar-refractivity contribution in [1.82, 2.24) is 10.2 Å². The van der Waals surface area contributed by atoms with E-state index in [-0.39, 0.29) is 24.0 Å². The molecule has 0 aliphatic carbocycles. The normalized spacial score (nSPS) is 16.7. The average Bonchev–Trinajstić information content (AvgIpc) is 3.23. The van der Waals surface area contributed by atoms with Crippen molar-refractivity contribution in [2.45, 2.75) is 57.9 Å². The molecule has 12 nitrogen and oxygen atoms in total. The van der Waals surface area contributed by atoms with Crippen molar-refractivity contribution >= 4 is 29.3 Å². The molecule has 0 bridgehead atoms. The molecule has 1 saturated heterocycles. The van der Waals surface area contributed by atoms with E-state index in [0.717, 1.165) is 17.9 Å². The number of nitrogens with one attached hydrogen (secondary N) is 2. The lowest BCUT2D eigenvalue weighted by molar-refractivity contribution is -0.136. The van der Waals surface area contributed by atoms with Crippen LogP contribution in [0, 0.1) is 0 Å². The number of carbonyl (C=O) groups excluding carboxylic acids is 4. The molecule has 1 atom stereocenters. The van der Waals surface area contributed by atoms with Gasteiger partial charge in [0.2, 0.25) is 11.8 Å². The Hall–Kier alpha value is -2.90. The first-order valence-corrected chi connectivity index (χ1v) is 15.0. The summed E-state index contributed by atoms with van der Waals surface area (Å²) in [6.07, 6.45) is 6.36. The zero-order valence-electron chi connectivity index (χ0n) is 24.7. The summed E-state index contributed by atoms with van der Waals surface area (Å²) in [7, 11) is 0. The van der Waals surface area contributed by atoms with E-state index >= 15 is 0 Å². The fraction of sp³-hybridized carbons (Fsp3) is 0.667. The molecule has 4 amide bonds. The highest BCUT2D eigenvalue weighted by atomic mass is 16.6. The number of ether oxygens (including phenoxy) is 5. The quantitative estimate of drug-likeness (QED) is 0.144. The maximum Gasteiger partial charge on any atom is 0.264 e. The van der Waals surface area contributed by atoms with Crippen LogP contribution in [-0.2, 0) is 33.3 Å². The minimum atomic E-state index is -0.996. The van der Waals surface area contributed by atoms with Crippen LogP contribution in [-0.4, -0.2) is 107 Å². The van der Waals surface area contributed by atoms with Crippen LogP contribution in [0.4, 0.5) is 5.69 Å². The molecule has 234 valence electrons. The van der Waals surface area contributed by atoms with Gasteiger partial charge in [0, 0.05) is 25.3 Å². The van der Waals surface area contributed by atoms with Crippen LogP contribution >= 0.6 is 0 Å². The van der Waals surface area contributed by atoms with E-state index in [1.807, 2.05) is 0 Å². The van der Waals surface area contributed by atoms with Gasteiger partial charge in [-0.15, -0.1) is 0 Å². The lowest BCUT2D eigenvalue weighted by Crippen LogP contribution is -2.54. The number of imide groups is 2. The number of rotatable bonds is 23. The van der Waals surface area contributed by atoms with E-state index < -0.39 is 29.7 Å². The van der Waals surface area contributed by atoms with E-state index in [1.165, 1.54) is 25.7 Å². The number of piperidine rings is 1. The van der Waals surface area contributed by atoms with Crippen LogP contribution in [0.15, 0.2) is 18.2 Å². The first-order chi connectivity index (χ1) is 20.5. The molecular formula is C30H45N3O9. The van der Waals surface area contributed by atoms with Gasteiger partial charge in [0.25, 0.3) is 11.8 Å². The van der Waals surface area contributed by atoms with Crippen molar-refractivity contribution < 1.29 is 42.9 Å². The Kier molecular flexibility index (Phi) is 15.5. The van der Waals surface area contributed by atoms with Gasteiger partial charge >= 0.3 is 0 Å². The maximum absolute atomic E-state index is 13.1. The van der Waals surface area contributed by atoms with Gasteiger partial charge in [0.15, 0.2) is 0 Å². The highest BCUT2D eigenvalue weighted by Crippen LogP contribution is 2.32.